The molecule has 5 nitrogen and oxygen atoms in total. The maximum Gasteiger partial charge on any atom is 0.119 e. The Morgan fingerprint density at radius 1 is 1.32 bits per heavy atom. The Bertz CT molecular complexity index is 402. The number of rotatable bonds is 7. The first-order valence-electron chi connectivity index (χ1n) is 6.36. The van der Waals surface area contributed by atoms with E-state index in [0.717, 1.165) is 5.56 Å². The highest BCUT2D eigenvalue weighted by atomic mass is 16.5. The standard InChI is InChI=1S/C14H22N2O3/c1-10(2)15-8-13(17)9-19-14-6-4-12(5-7-14)11(3)16-18/h4-7,10,13,15,17-18H,8-9H2,1-3H3/t13-/m0/s1. The predicted octanol–water partition coefficient (Wildman–Crippen LogP) is 1.62. The Hall–Kier alpha value is -1.59. The first-order valence-corrected chi connectivity index (χ1v) is 6.36. The average Bonchev–Trinajstić information content (AvgIpc) is 2.42. The molecule has 0 unspecified atom stereocenters. The maximum atomic E-state index is 9.70. The fourth-order valence-corrected chi connectivity index (χ4v) is 1.47. The number of ether oxygens (including phenoxy) is 1. The molecular weight excluding hydrogens is 244 g/mol. The van der Waals surface area contributed by atoms with Gasteiger partial charge in [0.05, 0.1) is 5.71 Å². The monoisotopic (exact) mass is 266 g/mol. The minimum Gasteiger partial charge on any atom is -0.491 e. The van der Waals surface area contributed by atoms with Crippen LogP contribution in [0.15, 0.2) is 29.4 Å². The molecular formula is C14H22N2O3. The fourth-order valence-electron chi connectivity index (χ4n) is 1.47. The van der Waals surface area contributed by atoms with E-state index >= 15 is 0 Å². The van der Waals surface area contributed by atoms with Gasteiger partial charge in [0, 0.05) is 12.6 Å². The lowest BCUT2D eigenvalue weighted by Gasteiger charge is -2.15. The Morgan fingerprint density at radius 3 is 2.47 bits per heavy atom. The molecule has 0 fully saturated rings. The zero-order valence-corrected chi connectivity index (χ0v) is 11.6. The normalized spacial score (nSPS) is 13.6. The lowest BCUT2D eigenvalue weighted by atomic mass is 10.1. The van der Waals surface area contributed by atoms with Crippen molar-refractivity contribution in [1.82, 2.24) is 5.32 Å². The molecule has 106 valence electrons. The van der Waals surface area contributed by atoms with Gasteiger partial charge in [0.1, 0.15) is 18.5 Å². The number of aliphatic hydroxyl groups is 1. The van der Waals surface area contributed by atoms with Crippen LogP contribution in [0.5, 0.6) is 5.75 Å². The van der Waals surface area contributed by atoms with Crippen molar-refractivity contribution in [3.05, 3.63) is 29.8 Å². The second-order valence-electron chi connectivity index (χ2n) is 4.74. The molecule has 0 heterocycles. The summed E-state index contributed by atoms with van der Waals surface area (Å²) in [5.74, 6) is 0.679. The molecule has 3 N–H and O–H groups in total. The predicted molar refractivity (Wildman–Crippen MR) is 75.1 cm³/mol. The maximum absolute atomic E-state index is 9.70. The van der Waals surface area contributed by atoms with Crippen LogP contribution in [0.25, 0.3) is 0 Å². The lowest BCUT2D eigenvalue weighted by molar-refractivity contribution is 0.104. The van der Waals surface area contributed by atoms with Crippen LogP contribution in [-0.4, -0.2) is 41.3 Å². The molecule has 1 aromatic rings. The second-order valence-corrected chi connectivity index (χ2v) is 4.74. The van der Waals surface area contributed by atoms with E-state index in [-0.39, 0.29) is 6.61 Å². The van der Waals surface area contributed by atoms with Gasteiger partial charge < -0.3 is 20.4 Å². The van der Waals surface area contributed by atoms with E-state index < -0.39 is 6.10 Å². The Balaban J connectivity index is 2.41. The van der Waals surface area contributed by atoms with Crippen molar-refractivity contribution in [3.8, 4) is 5.75 Å². The van der Waals surface area contributed by atoms with Gasteiger partial charge in [-0.15, -0.1) is 0 Å². The molecule has 1 aromatic carbocycles. The molecule has 0 saturated heterocycles. The van der Waals surface area contributed by atoms with Crippen molar-refractivity contribution >= 4 is 5.71 Å². The van der Waals surface area contributed by atoms with E-state index in [1.807, 2.05) is 26.0 Å². The third-order valence-electron chi connectivity index (χ3n) is 2.63. The molecule has 0 aliphatic rings. The number of nitrogens with zero attached hydrogens (tertiary/aromatic N) is 1. The minimum absolute atomic E-state index is 0.242. The number of hydrogen-bond donors (Lipinski definition) is 3. The van der Waals surface area contributed by atoms with E-state index in [1.54, 1.807) is 19.1 Å². The Labute approximate surface area is 113 Å². The van der Waals surface area contributed by atoms with Crippen LogP contribution in [-0.2, 0) is 0 Å². The van der Waals surface area contributed by atoms with Crippen molar-refractivity contribution in [2.24, 2.45) is 5.16 Å². The van der Waals surface area contributed by atoms with Gasteiger partial charge >= 0.3 is 0 Å². The van der Waals surface area contributed by atoms with Crippen molar-refractivity contribution in [2.45, 2.75) is 32.9 Å². The zero-order chi connectivity index (χ0) is 14.3. The summed E-state index contributed by atoms with van der Waals surface area (Å²) in [6.07, 6.45) is -0.539. The summed E-state index contributed by atoms with van der Waals surface area (Å²) >= 11 is 0. The highest BCUT2D eigenvalue weighted by Crippen LogP contribution is 2.13. The summed E-state index contributed by atoms with van der Waals surface area (Å²) in [7, 11) is 0. The van der Waals surface area contributed by atoms with Crippen LogP contribution in [0, 0.1) is 0 Å². The molecule has 5 heteroatoms. The van der Waals surface area contributed by atoms with Crippen LogP contribution < -0.4 is 10.1 Å². The number of oxime groups is 1. The quantitative estimate of drug-likeness (QED) is 0.398. The lowest BCUT2D eigenvalue weighted by Crippen LogP contribution is -2.35. The van der Waals surface area contributed by atoms with Gasteiger partial charge in [0.2, 0.25) is 0 Å². The fraction of sp³-hybridized carbons (Fsp3) is 0.500. The summed E-state index contributed by atoms with van der Waals surface area (Å²) in [5.41, 5.74) is 1.38. The van der Waals surface area contributed by atoms with Crippen LogP contribution in [0.2, 0.25) is 0 Å². The minimum atomic E-state index is -0.539. The van der Waals surface area contributed by atoms with Crippen LogP contribution in [0.3, 0.4) is 0 Å². The first-order chi connectivity index (χ1) is 9.02. The summed E-state index contributed by atoms with van der Waals surface area (Å²) in [6, 6.07) is 7.53. The summed E-state index contributed by atoms with van der Waals surface area (Å²) in [5, 5.41) is 24.6. The van der Waals surface area contributed by atoms with E-state index in [0.29, 0.717) is 24.0 Å². The van der Waals surface area contributed by atoms with Gasteiger partial charge in [-0.3, -0.25) is 0 Å². The highest BCUT2D eigenvalue weighted by Gasteiger charge is 2.06. The summed E-state index contributed by atoms with van der Waals surface area (Å²) in [6.45, 7) is 6.52. The van der Waals surface area contributed by atoms with Crippen molar-refractivity contribution in [3.63, 3.8) is 0 Å². The number of nitrogens with one attached hydrogen (secondary N) is 1. The van der Waals surface area contributed by atoms with Gasteiger partial charge in [-0.05, 0) is 36.8 Å². The van der Waals surface area contributed by atoms with E-state index in [1.165, 1.54) is 0 Å². The SMILES string of the molecule is CC(=NO)c1ccc(OC[C@@H](O)CNC(C)C)cc1. The van der Waals surface area contributed by atoms with E-state index in [2.05, 4.69) is 10.5 Å². The molecule has 0 amide bonds. The van der Waals surface area contributed by atoms with Crippen molar-refractivity contribution in [1.29, 1.82) is 0 Å². The molecule has 0 aliphatic carbocycles. The Kier molecular flexibility index (Phi) is 6.32. The first kappa shape index (κ1) is 15.5. The third kappa shape index (κ3) is 5.72. The van der Waals surface area contributed by atoms with Crippen LogP contribution in [0.1, 0.15) is 26.3 Å². The van der Waals surface area contributed by atoms with E-state index in [4.69, 9.17) is 9.94 Å². The smallest absolute Gasteiger partial charge is 0.119 e. The van der Waals surface area contributed by atoms with Crippen molar-refractivity contribution in [2.75, 3.05) is 13.2 Å². The van der Waals surface area contributed by atoms with Crippen molar-refractivity contribution < 1.29 is 15.1 Å². The number of hydrogen-bond acceptors (Lipinski definition) is 5. The number of benzene rings is 1. The van der Waals surface area contributed by atoms with Gasteiger partial charge in [-0.1, -0.05) is 19.0 Å². The molecule has 0 bridgehead atoms. The molecule has 1 atom stereocenters. The molecule has 0 aromatic heterocycles. The molecule has 0 aliphatic heterocycles. The van der Waals surface area contributed by atoms with E-state index in [9.17, 15) is 5.11 Å². The summed E-state index contributed by atoms with van der Waals surface area (Å²) in [4.78, 5) is 0. The molecule has 0 spiro atoms. The van der Waals surface area contributed by atoms with Gasteiger partial charge in [0.15, 0.2) is 0 Å². The zero-order valence-electron chi connectivity index (χ0n) is 11.6. The Morgan fingerprint density at radius 2 is 1.95 bits per heavy atom. The van der Waals surface area contributed by atoms with Gasteiger partial charge in [0.25, 0.3) is 0 Å². The highest BCUT2D eigenvalue weighted by molar-refractivity contribution is 5.98. The molecule has 19 heavy (non-hydrogen) atoms. The second kappa shape index (κ2) is 7.76. The largest absolute Gasteiger partial charge is 0.491 e. The van der Waals surface area contributed by atoms with Crippen LogP contribution in [0.4, 0.5) is 0 Å². The van der Waals surface area contributed by atoms with Crippen LogP contribution >= 0.6 is 0 Å². The molecule has 1 rings (SSSR count). The topological polar surface area (TPSA) is 74.1 Å². The molecule has 0 saturated carbocycles. The third-order valence-corrected chi connectivity index (χ3v) is 2.63. The molecule has 0 radical (unpaired) electrons. The van der Waals surface area contributed by atoms with Gasteiger partial charge in [-0.25, -0.2) is 0 Å². The summed E-state index contributed by atoms with van der Waals surface area (Å²) < 4.78 is 5.48. The van der Waals surface area contributed by atoms with Gasteiger partial charge in [-0.2, -0.15) is 0 Å². The number of aliphatic hydroxyl groups excluding tert-OH is 1. The average molecular weight is 266 g/mol.